The zero-order valence-corrected chi connectivity index (χ0v) is 24.9. The van der Waals surface area contributed by atoms with Gasteiger partial charge in [0.1, 0.15) is 5.75 Å². The van der Waals surface area contributed by atoms with E-state index >= 15 is 0 Å². The standard InChI is InChI=1S/C32H50O2.C2H6/c1-31(2,3)22-29(32(4,5)6)24-14-16-28(17-15-24)34-30(27-20-25-12-13-26(25)21-27)33-19-18-23-10-8-7-9-11-23;1-2/h14-17,20,23,26-27,29-30H,7-13,18-19,21-22H2,1-6H3;1-2H3. The lowest BCUT2D eigenvalue weighted by atomic mass is 9.69. The molecule has 204 valence electrons. The van der Waals surface area contributed by atoms with Gasteiger partial charge in [0.05, 0.1) is 6.61 Å². The van der Waals surface area contributed by atoms with Gasteiger partial charge < -0.3 is 9.47 Å². The highest BCUT2D eigenvalue weighted by Gasteiger charge is 2.38. The first-order chi connectivity index (χ1) is 17.1. The summed E-state index contributed by atoms with van der Waals surface area (Å²) in [5.41, 5.74) is 3.61. The highest BCUT2D eigenvalue weighted by atomic mass is 16.7. The molecule has 3 aliphatic carbocycles. The second-order valence-electron chi connectivity index (χ2n) is 13.8. The summed E-state index contributed by atoms with van der Waals surface area (Å²) in [4.78, 5) is 0. The molecule has 0 radical (unpaired) electrons. The van der Waals surface area contributed by atoms with Crippen LogP contribution < -0.4 is 4.74 Å². The van der Waals surface area contributed by atoms with Gasteiger partial charge in [-0.2, -0.15) is 0 Å². The number of allylic oxidation sites excluding steroid dienone is 1. The molecule has 2 heteroatoms. The Morgan fingerprint density at radius 1 is 0.889 bits per heavy atom. The summed E-state index contributed by atoms with van der Waals surface area (Å²) >= 11 is 0. The van der Waals surface area contributed by atoms with E-state index in [1.165, 1.54) is 69.8 Å². The molecule has 2 saturated carbocycles. The van der Waals surface area contributed by atoms with Crippen molar-refractivity contribution in [2.45, 2.75) is 132 Å². The Bertz CT molecular complexity index is 801. The molecule has 4 rings (SSSR count). The first kappa shape index (κ1) is 29.3. The van der Waals surface area contributed by atoms with Crippen LogP contribution in [0.2, 0.25) is 0 Å². The molecule has 0 N–H and O–H groups in total. The maximum Gasteiger partial charge on any atom is 0.206 e. The van der Waals surface area contributed by atoms with Gasteiger partial charge in [0.2, 0.25) is 6.29 Å². The van der Waals surface area contributed by atoms with Gasteiger partial charge in [-0.05, 0) is 78.4 Å². The number of benzene rings is 1. The van der Waals surface area contributed by atoms with Crippen LogP contribution >= 0.6 is 0 Å². The van der Waals surface area contributed by atoms with Crippen molar-refractivity contribution in [1.82, 2.24) is 0 Å². The van der Waals surface area contributed by atoms with Crippen molar-refractivity contribution in [3.05, 3.63) is 41.5 Å². The molecule has 4 atom stereocenters. The minimum Gasteiger partial charge on any atom is -0.464 e. The average Bonchev–Trinajstić information content (AvgIpc) is 3.12. The van der Waals surface area contributed by atoms with E-state index in [9.17, 15) is 0 Å². The monoisotopic (exact) mass is 496 g/mol. The van der Waals surface area contributed by atoms with Crippen molar-refractivity contribution in [1.29, 1.82) is 0 Å². The van der Waals surface area contributed by atoms with Gasteiger partial charge >= 0.3 is 0 Å². The van der Waals surface area contributed by atoms with Crippen molar-refractivity contribution < 1.29 is 9.47 Å². The van der Waals surface area contributed by atoms with Crippen LogP contribution in [-0.2, 0) is 4.74 Å². The van der Waals surface area contributed by atoms with E-state index in [-0.39, 0.29) is 11.7 Å². The van der Waals surface area contributed by atoms with Crippen molar-refractivity contribution in [3.63, 3.8) is 0 Å². The number of hydrogen-bond acceptors (Lipinski definition) is 2. The Labute approximate surface area is 223 Å². The summed E-state index contributed by atoms with van der Waals surface area (Å²) in [6, 6.07) is 8.97. The van der Waals surface area contributed by atoms with Crippen LogP contribution in [0.15, 0.2) is 35.9 Å². The van der Waals surface area contributed by atoms with Crippen LogP contribution in [0.1, 0.15) is 131 Å². The van der Waals surface area contributed by atoms with Gasteiger partial charge in [0, 0.05) is 5.92 Å². The molecule has 0 spiro atoms. The number of rotatable bonds is 9. The highest BCUT2D eigenvalue weighted by Crippen LogP contribution is 2.47. The van der Waals surface area contributed by atoms with Gasteiger partial charge in [-0.15, -0.1) is 0 Å². The quantitative estimate of drug-likeness (QED) is 0.250. The lowest BCUT2D eigenvalue weighted by Crippen LogP contribution is -2.30. The van der Waals surface area contributed by atoms with E-state index in [0.717, 1.165) is 24.2 Å². The molecule has 0 aliphatic heterocycles. The molecule has 2 fully saturated rings. The van der Waals surface area contributed by atoms with Gasteiger partial charge in [-0.3, -0.25) is 0 Å². The third-order valence-electron chi connectivity index (χ3n) is 8.57. The fraction of sp³-hybridized carbons (Fsp3) is 0.765. The third kappa shape index (κ3) is 8.37. The molecule has 1 aromatic carbocycles. The number of hydrogen-bond donors (Lipinski definition) is 0. The molecular weight excluding hydrogens is 440 g/mol. The first-order valence-electron chi connectivity index (χ1n) is 15.2. The maximum absolute atomic E-state index is 6.57. The molecule has 0 aromatic heterocycles. The summed E-state index contributed by atoms with van der Waals surface area (Å²) in [7, 11) is 0. The van der Waals surface area contributed by atoms with Crippen molar-refractivity contribution >= 4 is 0 Å². The largest absolute Gasteiger partial charge is 0.464 e. The lowest BCUT2D eigenvalue weighted by Gasteiger charge is -2.36. The number of fused-ring (bicyclic) bond motifs is 1. The molecule has 4 unspecified atom stereocenters. The summed E-state index contributed by atoms with van der Waals surface area (Å²) < 4.78 is 13.1. The first-order valence-corrected chi connectivity index (χ1v) is 15.2. The van der Waals surface area contributed by atoms with Crippen LogP contribution in [0.3, 0.4) is 0 Å². The van der Waals surface area contributed by atoms with Crippen LogP contribution in [0.4, 0.5) is 0 Å². The van der Waals surface area contributed by atoms with Gasteiger partial charge in [-0.25, -0.2) is 0 Å². The minimum atomic E-state index is -0.152. The third-order valence-corrected chi connectivity index (χ3v) is 8.57. The predicted molar refractivity (Wildman–Crippen MR) is 155 cm³/mol. The van der Waals surface area contributed by atoms with Crippen LogP contribution in [-0.4, -0.2) is 12.9 Å². The molecule has 2 nitrogen and oxygen atoms in total. The van der Waals surface area contributed by atoms with E-state index in [0.29, 0.717) is 17.3 Å². The van der Waals surface area contributed by atoms with Gasteiger partial charge in [0.15, 0.2) is 0 Å². The van der Waals surface area contributed by atoms with Crippen molar-refractivity contribution in [3.8, 4) is 5.75 Å². The fourth-order valence-electron chi connectivity index (χ4n) is 6.39. The summed E-state index contributed by atoms with van der Waals surface area (Å²) in [5, 5.41) is 0. The Kier molecular flexibility index (Phi) is 10.6. The average molecular weight is 497 g/mol. The Morgan fingerprint density at radius 3 is 2.06 bits per heavy atom. The topological polar surface area (TPSA) is 18.5 Å². The molecule has 0 amide bonds. The normalized spacial score (nSPS) is 24.1. The van der Waals surface area contributed by atoms with Gasteiger partial charge in [-0.1, -0.05) is 111 Å². The van der Waals surface area contributed by atoms with E-state index in [1.807, 2.05) is 13.8 Å². The second kappa shape index (κ2) is 13.0. The summed E-state index contributed by atoms with van der Waals surface area (Å²) in [5.74, 6) is 3.53. The lowest BCUT2D eigenvalue weighted by molar-refractivity contribution is -0.109. The van der Waals surface area contributed by atoms with Gasteiger partial charge in [0.25, 0.3) is 0 Å². The summed E-state index contributed by atoms with van der Waals surface area (Å²) in [6.07, 6.45) is 15.5. The molecule has 1 aromatic rings. The minimum absolute atomic E-state index is 0.152. The summed E-state index contributed by atoms with van der Waals surface area (Å²) in [6.45, 7) is 19.0. The Hall–Kier alpha value is -1.28. The second-order valence-corrected chi connectivity index (χ2v) is 13.8. The Balaban J connectivity index is 0.00000176. The number of ether oxygens (including phenoxy) is 2. The highest BCUT2D eigenvalue weighted by molar-refractivity contribution is 5.31. The smallest absolute Gasteiger partial charge is 0.206 e. The maximum atomic E-state index is 6.57. The molecule has 0 heterocycles. The van der Waals surface area contributed by atoms with Crippen LogP contribution in [0, 0.1) is 28.6 Å². The van der Waals surface area contributed by atoms with Crippen molar-refractivity contribution in [2.24, 2.45) is 28.6 Å². The zero-order chi connectivity index (χ0) is 26.3. The Morgan fingerprint density at radius 2 is 1.56 bits per heavy atom. The zero-order valence-electron chi connectivity index (χ0n) is 24.9. The van der Waals surface area contributed by atoms with E-state index in [1.54, 1.807) is 5.57 Å². The molecule has 0 bridgehead atoms. The SMILES string of the molecule is CC.CC(C)(C)CC(c1ccc(OC(OCCC2CCCCC2)C2C=C3CCC3C2)cc1)C(C)(C)C. The molecule has 0 saturated heterocycles. The van der Waals surface area contributed by atoms with E-state index < -0.39 is 0 Å². The van der Waals surface area contributed by atoms with E-state index in [2.05, 4.69) is 71.9 Å². The van der Waals surface area contributed by atoms with Crippen LogP contribution in [0.5, 0.6) is 5.75 Å². The van der Waals surface area contributed by atoms with E-state index in [4.69, 9.17) is 9.47 Å². The molecular formula is C34H56O2. The molecule has 3 aliphatic rings. The van der Waals surface area contributed by atoms with Crippen molar-refractivity contribution in [2.75, 3.05) is 6.61 Å². The fourth-order valence-corrected chi connectivity index (χ4v) is 6.39. The predicted octanol–water partition coefficient (Wildman–Crippen LogP) is 10.3. The molecule has 36 heavy (non-hydrogen) atoms. The van der Waals surface area contributed by atoms with Crippen LogP contribution in [0.25, 0.3) is 0 Å².